The van der Waals surface area contributed by atoms with Crippen LogP contribution in [0.5, 0.6) is 0 Å². The smallest absolute Gasteiger partial charge is 0.255 e. The number of ether oxygens (including phenoxy) is 1. The van der Waals surface area contributed by atoms with Crippen molar-refractivity contribution in [3.05, 3.63) is 59.7 Å². The number of hydrogen-bond donors (Lipinski definition) is 2. The normalized spacial score (nSPS) is 11.3. The van der Waals surface area contributed by atoms with Gasteiger partial charge in [0.15, 0.2) is 0 Å². The van der Waals surface area contributed by atoms with Crippen molar-refractivity contribution in [2.24, 2.45) is 0 Å². The summed E-state index contributed by atoms with van der Waals surface area (Å²) < 4.78 is 30.5. The maximum atomic E-state index is 12.6. The van der Waals surface area contributed by atoms with Crippen LogP contribution in [0.3, 0.4) is 0 Å². The monoisotopic (exact) mass is 405 g/mol. The minimum absolute atomic E-state index is 0.00995. The molecule has 0 radical (unpaired) electrons. The second-order valence-corrected chi connectivity index (χ2v) is 8.22. The van der Waals surface area contributed by atoms with Gasteiger partial charge in [0.05, 0.1) is 22.8 Å². The van der Waals surface area contributed by atoms with Crippen molar-refractivity contribution >= 4 is 27.5 Å². The molecule has 0 bridgehead atoms. The van der Waals surface area contributed by atoms with Gasteiger partial charge in [0, 0.05) is 33.3 Å². The van der Waals surface area contributed by atoms with E-state index in [9.17, 15) is 18.0 Å². The molecule has 0 aromatic heterocycles. The third kappa shape index (κ3) is 5.16. The standard InChI is InChI=1S/C19H23N3O5S/c1-22(2)28(25,26)15-8-6-7-14(13-15)18(23)21-17-10-5-4-9-16(17)19(24)20-11-12-27-3/h4-10,13H,11-12H2,1-3H3,(H,20,24)(H,21,23). The van der Waals surface area contributed by atoms with E-state index in [1.165, 1.54) is 45.5 Å². The molecule has 2 N–H and O–H groups in total. The Balaban J connectivity index is 2.24. The van der Waals surface area contributed by atoms with Gasteiger partial charge in [0.1, 0.15) is 0 Å². The molecule has 0 aliphatic rings. The number of carbonyl (C=O) groups excluding carboxylic acids is 2. The summed E-state index contributed by atoms with van der Waals surface area (Å²) >= 11 is 0. The van der Waals surface area contributed by atoms with Crippen LogP contribution in [-0.4, -0.2) is 58.9 Å². The molecule has 0 atom stereocenters. The molecular weight excluding hydrogens is 382 g/mol. The summed E-state index contributed by atoms with van der Waals surface area (Å²) in [5.74, 6) is -0.871. The van der Waals surface area contributed by atoms with Crippen LogP contribution in [0.15, 0.2) is 53.4 Å². The van der Waals surface area contributed by atoms with Gasteiger partial charge in [-0.1, -0.05) is 18.2 Å². The number of methoxy groups -OCH3 is 1. The minimum atomic E-state index is -3.66. The summed E-state index contributed by atoms with van der Waals surface area (Å²) in [5.41, 5.74) is 0.782. The molecular formula is C19H23N3O5S. The second-order valence-electron chi connectivity index (χ2n) is 6.06. The molecule has 2 amide bonds. The molecule has 9 heteroatoms. The van der Waals surface area contributed by atoms with Crippen LogP contribution in [0.2, 0.25) is 0 Å². The highest BCUT2D eigenvalue weighted by Crippen LogP contribution is 2.19. The number of rotatable bonds is 8. The molecule has 0 saturated carbocycles. The highest BCUT2D eigenvalue weighted by molar-refractivity contribution is 7.89. The number of carbonyl (C=O) groups is 2. The van der Waals surface area contributed by atoms with E-state index in [4.69, 9.17) is 4.74 Å². The molecule has 8 nitrogen and oxygen atoms in total. The molecule has 2 rings (SSSR count). The average molecular weight is 405 g/mol. The number of amides is 2. The number of sulfonamides is 1. The number of benzene rings is 2. The lowest BCUT2D eigenvalue weighted by atomic mass is 10.1. The zero-order valence-electron chi connectivity index (χ0n) is 15.9. The van der Waals surface area contributed by atoms with Gasteiger partial charge in [-0.05, 0) is 30.3 Å². The molecule has 2 aromatic carbocycles. The van der Waals surface area contributed by atoms with Crippen molar-refractivity contribution in [1.82, 2.24) is 9.62 Å². The first-order chi connectivity index (χ1) is 13.3. The van der Waals surface area contributed by atoms with E-state index in [-0.39, 0.29) is 16.4 Å². The number of para-hydroxylation sites is 1. The van der Waals surface area contributed by atoms with E-state index in [0.717, 1.165) is 4.31 Å². The Morgan fingerprint density at radius 3 is 2.43 bits per heavy atom. The zero-order valence-corrected chi connectivity index (χ0v) is 16.7. The molecule has 28 heavy (non-hydrogen) atoms. The Hall–Kier alpha value is -2.75. The molecule has 0 heterocycles. The van der Waals surface area contributed by atoms with Crippen LogP contribution in [-0.2, 0) is 14.8 Å². The maximum absolute atomic E-state index is 12.6. The zero-order chi connectivity index (χ0) is 20.7. The van der Waals surface area contributed by atoms with Gasteiger partial charge < -0.3 is 15.4 Å². The highest BCUT2D eigenvalue weighted by Gasteiger charge is 2.19. The van der Waals surface area contributed by atoms with E-state index >= 15 is 0 Å². The summed E-state index contributed by atoms with van der Waals surface area (Å²) in [6.45, 7) is 0.704. The van der Waals surface area contributed by atoms with Gasteiger partial charge in [-0.15, -0.1) is 0 Å². The Kier molecular flexibility index (Phi) is 7.27. The SMILES string of the molecule is COCCNC(=O)c1ccccc1NC(=O)c1cccc(S(=O)(=O)N(C)C)c1. The third-order valence-corrected chi connectivity index (χ3v) is 5.70. The van der Waals surface area contributed by atoms with Gasteiger partial charge in [0.2, 0.25) is 10.0 Å². The van der Waals surface area contributed by atoms with Gasteiger partial charge in [0.25, 0.3) is 11.8 Å². The van der Waals surface area contributed by atoms with E-state index in [2.05, 4.69) is 10.6 Å². The summed E-state index contributed by atoms with van der Waals surface area (Å²) in [6, 6.07) is 12.3. The lowest BCUT2D eigenvalue weighted by Gasteiger charge is -2.13. The van der Waals surface area contributed by atoms with Gasteiger partial charge >= 0.3 is 0 Å². The van der Waals surface area contributed by atoms with Crippen molar-refractivity contribution in [3.63, 3.8) is 0 Å². The van der Waals surface area contributed by atoms with Crippen molar-refractivity contribution in [3.8, 4) is 0 Å². The predicted octanol–water partition coefficient (Wildman–Crippen LogP) is 1.57. The van der Waals surface area contributed by atoms with E-state index in [1.54, 1.807) is 24.3 Å². The Bertz CT molecular complexity index is 958. The van der Waals surface area contributed by atoms with E-state index in [1.807, 2.05) is 0 Å². The van der Waals surface area contributed by atoms with Crippen LogP contribution >= 0.6 is 0 Å². The molecule has 0 saturated heterocycles. The molecule has 0 aliphatic carbocycles. The Morgan fingerprint density at radius 2 is 1.75 bits per heavy atom. The van der Waals surface area contributed by atoms with Crippen LogP contribution in [0.25, 0.3) is 0 Å². The third-order valence-electron chi connectivity index (χ3n) is 3.89. The van der Waals surface area contributed by atoms with Crippen LogP contribution in [0, 0.1) is 0 Å². The van der Waals surface area contributed by atoms with Crippen LogP contribution in [0.4, 0.5) is 5.69 Å². The van der Waals surface area contributed by atoms with Crippen LogP contribution < -0.4 is 10.6 Å². The van der Waals surface area contributed by atoms with Gasteiger partial charge in [-0.3, -0.25) is 9.59 Å². The first-order valence-electron chi connectivity index (χ1n) is 8.47. The fourth-order valence-electron chi connectivity index (χ4n) is 2.36. The lowest BCUT2D eigenvalue weighted by molar-refractivity contribution is 0.0938. The summed E-state index contributed by atoms with van der Waals surface area (Å²) in [5, 5.41) is 5.36. The van der Waals surface area contributed by atoms with Crippen molar-refractivity contribution < 1.29 is 22.7 Å². The summed E-state index contributed by atoms with van der Waals surface area (Å²) in [7, 11) is 0.704. The van der Waals surface area contributed by atoms with E-state index in [0.29, 0.717) is 24.4 Å². The highest BCUT2D eigenvalue weighted by atomic mass is 32.2. The molecule has 0 spiro atoms. The first kappa shape index (κ1) is 21.5. The fraction of sp³-hybridized carbons (Fsp3) is 0.263. The fourth-order valence-corrected chi connectivity index (χ4v) is 3.30. The molecule has 0 unspecified atom stereocenters. The molecule has 150 valence electrons. The Labute approximate surface area is 164 Å². The largest absolute Gasteiger partial charge is 0.383 e. The minimum Gasteiger partial charge on any atom is -0.383 e. The van der Waals surface area contributed by atoms with Gasteiger partial charge in [-0.2, -0.15) is 0 Å². The summed E-state index contributed by atoms with van der Waals surface area (Å²) in [6.07, 6.45) is 0. The number of hydrogen-bond acceptors (Lipinski definition) is 5. The van der Waals surface area contributed by atoms with Crippen molar-refractivity contribution in [2.45, 2.75) is 4.90 Å². The number of nitrogens with zero attached hydrogens (tertiary/aromatic N) is 1. The quantitative estimate of drug-likeness (QED) is 0.649. The van der Waals surface area contributed by atoms with Crippen LogP contribution in [0.1, 0.15) is 20.7 Å². The van der Waals surface area contributed by atoms with Crippen molar-refractivity contribution in [2.75, 3.05) is 39.7 Å². The van der Waals surface area contributed by atoms with Crippen molar-refractivity contribution in [1.29, 1.82) is 0 Å². The number of nitrogens with one attached hydrogen (secondary N) is 2. The average Bonchev–Trinajstić information content (AvgIpc) is 2.68. The topological polar surface area (TPSA) is 105 Å². The predicted molar refractivity (Wildman–Crippen MR) is 106 cm³/mol. The summed E-state index contributed by atoms with van der Waals surface area (Å²) in [4.78, 5) is 25.0. The van der Waals surface area contributed by atoms with Gasteiger partial charge in [-0.25, -0.2) is 12.7 Å². The van der Waals surface area contributed by atoms with E-state index < -0.39 is 15.9 Å². The molecule has 0 aliphatic heterocycles. The molecule has 0 fully saturated rings. The Morgan fingerprint density at radius 1 is 1.04 bits per heavy atom. The first-order valence-corrected chi connectivity index (χ1v) is 9.91. The maximum Gasteiger partial charge on any atom is 0.255 e. The molecule has 2 aromatic rings. The second kappa shape index (κ2) is 9.45. The number of anilines is 1. The lowest BCUT2D eigenvalue weighted by Crippen LogP contribution is -2.28.